The van der Waals surface area contributed by atoms with Crippen molar-refractivity contribution in [2.45, 2.75) is 13.8 Å². The number of hydrogen-bond donors (Lipinski definition) is 1. The van der Waals surface area contributed by atoms with Gasteiger partial charge in [0.25, 0.3) is 0 Å². The molecule has 0 unspecified atom stereocenters. The summed E-state index contributed by atoms with van der Waals surface area (Å²) >= 11 is 5.76. The third kappa shape index (κ3) is 6.37. The van der Waals surface area contributed by atoms with Crippen LogP contribution in [0.4, 0.5) is 0 Å². The summed E-state index contributed by atoms with van der Waals surface area (Å²) in [5.41, 5.74) is 0. The van der Waals surface area contributed by atoms with E-state index in [-0.39, 0.29) is 19.1 Å². The Morgan fingerprint density at radius 1 is 1.30 bits per heavy atom. The summed E-state index contributed by atoms with van der Waals surface area (Å²) in [6.07, 6.45) is 0. The number of carboxylic acid groups (broad SMARTS) is 1. The Labute approximate surface area is 142 Å². The van der Waals surface area contributed by atoms with Gasteiger partial charge in [-0.15, -0.1) is 0 Å². The quantitative estimate of drug-likeness (QED) is 0.728. The first-order chi connectivity index (χ1) is 10.6. The van der Waals surface area contributed by atoms with Crippen molar-refractivity contribution >= 4 is 27.6 Å². The van der Waals surface area contributed by atoms with Gasteiger partial charge in [0.05, 0.1) is 11.7 Å². The van der Waals surface area contributed by atoms with Gasteiger partial charge >= 0.3 is 5.97 Å². The maximum absolute atomic E-state index is 12.2. The average molecular weight is 364 g/mol. The lowest BCUT2D eigenvalue weighted by Crippen LogP contribution is -2.38. The molecule has 1 N–H and O–H groups in total. The second kappa shape index (κ2) is 8.52. The highest BCUT2D eigenvalue weighted by molar-refractivity contribution is 7.89. The summed E-state index contributed by atoms with van der Waals surface area (Å²) in [7, 11) is -2.24. The highest BCUT2D eigenvalue weighted by Gasteiger charge is 2.30. The van der Waals surface area contributed by atoms with E-state index in [1.54, 1.807) is 38.1 Å². The first-order valence-corrected chi connectivity index (χ1v) is 9.17. The Morgan fingerprint density at radius 3 is 2.35 bits per heavy atom. The van der Waals surface area contributed by atoms with Gasteiger partial charge in [-0.05, 0) is 30.2 Å². The Kier molecular flexibility index (Phi) is 7.31. The van der Waals surface area contributed by atoms with Crippen molar-refractivity contribution in [2.24, 2.45) is 11.8 Å². The highest BCUT2D eigenvalue weighted by Crippen LogP contribution is 2.17. The van der Waals surface area contributed by atoms with Crippen LogP contribution in [0.15, 0.2) is 24.3 Å². The van der Waals surface area contributed by atoms with Gasteiger partial charge in [-0.1, -0.05) is 25.4 Å². The van der Waals surface area contributed by atoms with Crippen LogP contribution in [0.5, 0.6) is 5.75 Å². The van der Waals surface area contributed by atoms with Crippen molar-refractivity contribution in [3.05, 3.63) is 29.3 Å². The lowest BCUT2D eigenvalue weighted by atomic mass is 9.98. The number of rotatable bonds is 9. The maximum Gasteiger partial charge on any atom is 0.307 e. The number of nitrogens with zero attached hydrogens (tertiary/aromatic N) is 1. The number of carbonyl (C=O) groups is 1. The molecule has 0 aromatic heterocycles. The average Bonchev–Trinajstić information content (AvgIpc) is 2.46. The zero-order valence-corrected chi connectivity index (χ0v) is 15.0. The predicted molar refractivity (Wildman–Crippen MR) is 89.3 cm³/mol. The number of ether oxygens (including phenoxy) is 1. The molecule has 0 saturated heterocycles. The first-order valence-electron chi connectivity index (χ1n) is 7.18. The van der Waals surface area contributed by atoms with Crippen LogP contribution in [-0.2, 0) is 14.8 Å². The molecule has 0 fully saturated rings. The lowest BCUT2D eigenvalue weighted by molar-refractivity contribution is -0.142. The minimum absolute atomic E-state index is 0.134. The molecule has 0 bridgehead atoms. The largest absolute Gasteiger partial charge is 0.492 e. The molecule has 1 aromatic carbocycles. The third-order valence-corrected chi connectivity index (χ3v) is 5.64. The normalized spacial score (nSPS) is 13.3. The van der Waals surface area contributed by atoms with E-state index in [2.05, 4.69) is 0 Å². The highest BCUT2D eigenvalue weighted by atomic mass is 35.5. The van der Waals surface area contributed by atoms with Gasteiger partial charge in [-0.25, -0.2) is 12.7 Å². The number of hydrogen-bond acceptors (Lipinski definition) is 4. The van der Waals surface area contributed by atoms with Crippen LogP contribution in [0.25, 0.3) is 0 Å². The van der Waals surface area contributed by atoms with Gasteiger partial charge < -0.3 is 9.84 Å². The van der Waals surface area contributed by atoms with E-state index in [9.17, 15) is 13.2 Å². The molecule has 1 atom stereocenters. The van der Waals surface area contributed by atoms with Crippen molar-refractivity contribution in [1.82, 2.24) is 4.31 Å². The first kappa shape index (κ1) is 19.7. The van der Waals surface area contributed by atoms with Gasteiger partial charge in [0, 0.05) is 18.6 Å². The number of halogens is 1. The summed E-state index contributed by atoms with van der Waals surface area (Å²) in [4.78, 5) is 11.1. The van der Waals surface area contributed by atoms with E-state index in [4.69, 9.17) is 21.4 Å². The van der Waals surface area contributed by atoms with Crippen molar-refractivity contribution in [3.8, 4) is 5.75 Å². The number of aliphatic carboxylic acids is 1. The molecule has 0 radical (unpaired) electrons. The minimum atomic E-state index is -3.66. The van der Waals surface area contributed by atoms with Gasteiger partial charge in [-0.2, -0.15) is 0 Å². The molecule has 0 aliphatic heterocycles. The number of sulfonamides is 1. The van der Waals surface area contributed by atoms with E-state index in [0.717, 1.165) is 4.31 Å². The molecular formula is C15H22ClNO5S. The molecule has 1 rings (SSSR count). The Balaban J connectivity index is 2.56. The van der Waals surface area contributed by atoms with Gasteiger partial charge in [0.2, 0.25) is 10.0 Å². The van der Waals surface area contributed by atoms with E-state index >= 15 is 0 Å². The van der Waals surface area contributed by atoms with E-state index < -0.39 is 27.7 Å². The number of likely N-dealkylation sites (N-methyl/N-ethyl adjacent to an activating group) is 1. The Morgan fingerprint density at radius 2 is 1.87 bits per heavy atom. The van der Waals surface area contributed by atoms with E-state index in [0.29, 0.717) is 10.8 Å². The molecular weight excluding hydrogens is 342 g/mol. The fourth-order valence-corrected chi connectivity index (χ4v) is 3.58. The standard InChI is InChI=1S/C15H22ClNO5S/c1-11(2)14(15(18)19)10-23(20,21)17(3)8-9-22-13-6-4-12(16)5-7-13/h4-7,11,14H,8-10H2,1-3H3,(H,18,19)/t14-/m1/s1. The summed E-state index contributed by atoms with van der Waals surface area (Å²) in [5.74, 6) is -2.13. The monoisotopic (exact) mass is 363 g/mol. The minimum Gasteiger partial charge on any atom is -0.492 e. The van der Waals surface area contributed by atoms with Crippen molar-refractivity contribution in [3.63, 3.8) is 0 Å². The summed E-state index contributed by atoms with van der Waals surface area (Å²) in [6, 6.07) is 6.74. The maximum atomic E-state index is 12.2. The molecule has 1 aromatic rings. The molecule has 0 heterocycles. The van der Waals surface area contributed by atoms with Gasteiger partial charge in [0.15, 0.2) is 0 Å². The molecule has 0 spiro atoms. The molecule has 0 saturated carbocycles. The zero-order valence-electron chi connectivity index (χ0n) is 13.4. The third-order valence-electron chi connectivity index (χ3n) is 3.48. The number of benzene rings is 1. The van der Waals surface area contributed by atoms with Crippen LogP contribution in [-0.4, -0.2) is 49.8 Å². The smallest absolute Gasteiger partial charge is 0.307 e. The van der Waals surface area contributed by atoms with Crippen molar-refractivity contribution in [2.75, 3.05) is 26.0 Å². The molecule has 0 aliphatic carbocycles. The van der Waals surface area contributed by atoms with Gasteiger partial charge in [0.1, 0.15) is 12.4 Å². The lowest BCUT2D eigenvalue weighted by Gasteiger charge is -2.22. The summed E-state index contributed by atoms with van der Waals surface area (Å²) in [5, 5.41) is 9.71. The van der Waals surface area contributed by atoms with Crippen molar-refractivity contribution in [1.29, 1.82) is 0 Å². The fraction of sp³-hybridized carbons (Fsp3) is 0.533. The fourth-order valence-electron chi connectivity index (χ4n) is 1.86. The molecule has 0 aliphatic rings. The number of carboxylic acids is 1. The topological polar surface area (TPSA) is 83.9 Å². The van der Waals surface area contributed by atoms with E-state index in [1.807, 2.05) is 0 Å². The van der Waals surface area contributed by atoms with Crippen LogP contribution in [0, 0.1) is 11.8 Å². The van der Waals surface area contributed by atoms with Crippen LogP contribution < -0.4 is 4.74 Å². The molecule has 8 heteroatoms. The zero-order chi connectivity index (χ0) is 17.6. The van der Waals surface area contributed by atoms with Crippen LogP contribution in [0.2, 0.25) is 5.02 Å². The predicted octanol–water partition coefficient (Wildman–Crippen LogP) is 2.34. The Bertz CT molecular complexity index is 615. The summed E-state index contributed by atoms with van der Waals surface area (Å²) < 4.78 is 31.0. The SMILES string of the molecule is CC(C)[C@@H](CS(=O)(=O)N(C)CCOc1ccc(Cl)cc1)C(=O)O. The Hall–Kier alpha value is -1.31. The van der Waals surface area contributed by atoms with Crippen LogP contribution in [0.3, 0.4) is 0 Å². The molecule has 23 heavy (non-hydrogen) atoms. The summed E-state index contributed by atoms with van der Waals surface area (Å²) in [6.45, 7) is 3.68. The molecule has 6 nitrogen and oxygen atoms in total. The van der Waals surface area contributed by atoms with Crippen LogP contribution in [0.1, 0.15) is 13.8 Å². The molecule has 0 amide bonds. The van der Waals surface area contributed by atoms with Crippen LogP contribution >= 0.6 is 11.6 Å². The second-order valence-electron chi connectivity index (χ2n) is 5.59. The van der Waals surface area contributed by atoms with Gasteiger partial charge in [-0.3, -0.25) is 4.79 Å². The molecule has 130 valence electrons. The van der Waals surface area contributed by atoms with E-state index in [1.165, 1.54) is 7.05 Å². The van der Waals surface area contributed by atoms with Crippen molar-refractivity contribution < 1.29 is 23.1 Å². The second-order valence-corrected chi connectivity index (χ2v) is 8.15.